The highest BCUT2D eigenvalue weighted by Gasteiger charge is 2.27. The molecule has 2 aliphatic rings. The summed E-state index contributed by atoms with van der Waals surface area (Å²) in [4.78, 5) is 20.9. The molecule has 3 rings (SSSR count). The lowest BCUT2D eigenvalue weighted by molar-refractivity contribution is 0.0936. The average Bonchev–Trinajstić information content (AvgIpc) is 3.08. The molecule has 2 aliphatic carbocycles. The maximum absolute atomic E-state index is 12.1. The van der Waals surface area contributed by atoms with Gasteiger partial charge in [0.05, 0.1) is 11.3 Å². The summed E-state index contributed by atoms with van der Waals surface area (Å²) in [6, 6.07) is 0.347. The Morgan fingerprint density at radius 2 is 2.00 bits per heavy atom. The van der Waals surface area contributed by atoms with E-state index in [2.05, 4.69) is 15.3 Å². The van der Waals surface area contributed by atoms with Gasteiger partial charge in [0.25, 0.3) is 5.91 Å². The van der Waals surface area contributed by atoms with Crippen molar-refractivity contribution in [3.05, 3.63) is 23.3 Å². The molecule has 2 fully saturated rings. The maximum Gasteiger partial charge on any atom is 0.254 e. The predicted octanol–water partition coefficient (Wildman–Crippen LogP) is 2.33. The van der Waals surface area contributed by atoms with E-state index < -0.39 is 0 Å². The van der Waals surface area contributed by atoms with Crippen molar-refractivity contribution >= 4 is 5.91 Å². The van der Waals surface area contributed by atoms with Crippen LogP contribution in [0.5, 0.6) is 0 Å². The van der Waals surface area contributed by atoms with E-state index in [1.165, 1.54) is 25.7 Å². The molecule has 0 unspecified atom stereocenters. The summed E-state index contributed by atoms with van der Waals surface area (Å²) in [6.07, 6.45) is 8.72. The number of nitrogens with one attached hydrogen (secondary N) is 1. The monoisotopic (exact) mass is 245 g/mol. The Bertz CT molecular complexity index is 462. The van der Waals surface area contributed by atoms with Gasteiger partial charge in [0.2, 0.25) is 0 Å². The summed E-state index contributed by atoms with van der Waals surface area (Å²) in [6.45, 7) is 1.90. The second-order valence-electron chi connectivity index (χ2n) is 5.46. The largest absolute Gasteiger partial charge is 0.349 e. The van der Waals surface area contributed by atoms with Crippen molar-refractivity contribution in [1.82, 2.24) is 15.3 Å². The number of hydrogen-bond donors (Lipinski definition) is 1. The Hall–Kier alpha value is -1.45. The summed E-state index contributed by atoms with van der Waals surface area (Å²) in [5, 5.41) is 3.08. The molecular formula is C14H19N3O. The van der Waals surface area contributed by atoms with E-state index in [1.807, 2.05) is 6.92 Å². The van der Waals surface area contributed by atoms with Crippen molar-refractivity contribution in [3.8, 4) is 0 Å². The van der Waals surface area contributed by atoms with Crippen molar-refractivity contribution < 1.29 is 4.79 Å². The van der Waals surface area contributed by atoms with Gasteiger partial charge < -0.3 is 5.32 Å². The molecule has 1 aromatic heterocycles. The second-order valence-corrected chi connectivity index (χ2v) is 5.46. The number of aryl methyl sites for hydroxylation is 1. The third kappa shape index (κ3) is 2.37. The number of nitrogens with zero attached hydrogens (tertiary/aromatic N) is 2. The van der Waals surface area contributed by atoms with Crippen LogP contribution in [0.4, 0.5) is 0 Å². The van der Waals surface area contributed by atoms with Crippen LogP contribution in [-0.4, -0.2) is 21.9 Å². The number of hydrogen-bond acceptors (Lipinski definition) is 3. The van der Waals surface area contributed by atoms with E-state index in [0.717, 1.165) is 24.4 Å². The third-order valence-corrected chi connectivity index (χ3v) is 3.88. The van der Waals surface area contributed by atoms with Crippen LogP contribution < -0.4 is 5.32 Å². The number of rotatable bonds is 3. The molecule has 18 heavy (non-hydrogen) atoms. The molecule has 1 amide bonds. The van der Waals surface area contributed by atoms with Gasteiger partial charge in [-0.25, -0.2) is 9.97 Å². The van der Waals surface area contributed by atoms with Crippen molar-refractivity contribution in [2.45, 2.75) is 57.4 Å². The first-order valence-corrected chi connectivity index (χ1v) is 6.88. The Balaban J connectivity index is 1.72. The van der Waals surface area contributed by atoms with Crippen LogP contribution in [0.1, 0.15) is 66.3 Å². The number of carbonyl (C=O) groups is 1. The van der Waals surface area contributed by atoms with Gasteiger partial charge in [0, 0.05) is 18.2 Å². The zero-order valence-electron chi connectivity index (χ0n) is 10.8. The van der Waals surface area contributed by atoms with Gasteiger partial charge >= 0.3 is 0 Å². The van der Waals surface area contributed by atoms with E-state index in [1.54, 1.807) is 6.20 Å². The normalized spacial score (nSPS) is 20.1. The van der Waals surface area contributed by atoms with Crippen LogP contribution in [0.3, 0.4) is 0 Å². The molecule has 0 bridgehead atoms. The Morgan fingerprint density at radius 1 is 1.28 bits per heavy atom. The summed E-state index contributed by atoms with van der Waals surface area (Å²) in [5.74, 6) is 1.43. The van der Waals surface area contributed by atoms with Gasteiger partial charge in [0.15, 0.2) is 0 Å². The molecular weight excluding hydrogens is 226 g/mol. The van der Waals surface area contributed by atoms with Gasteiger partial charge in [-0.05, 0) is 32.6 Å². The van der Waals surface area contributed by atoms with Crippen molar-refractivity contribution in [3.63, 3.8) is 0 Å². The Morgan fingerprint density at radius 3 is 2.61 bits per heavy atom. The molecule has 1 N–H and O–H groups in total. The average molecular weight is 245 g/mol. The second kappa shape index (κ2) is 4.67. The topological polar surface area (TPSA) is 54.9 Å². The highest BCUT2D eigenvalue weighted by atomic mass is 16.1. The van der Waals surface area contributed by atoms with Crippen LogP contribution >= 0.6 is 0 Å². The first-order valence-electron chi connectivity index (χ1n) is 6.88. The SMILES string of the molecule is Cc1nc(C2CC2)ncc1C(=O)NC1CCCC1. The molecule has 0 atom stereocenters. The highest BCUT2D eigenvalue weighted by Crippen LogP contribution is 2.37. The number of aromatic nitrogens is 2. The molecule has 0 saturated heterocycles. The summed E-state index contributed by atoms with van der Waals surface area (Å²) in [5.41, 5.74) is 1.44. The molecule has 96 valence electrons. The first kappa shape index (κ1) is 11.6. The van der Waals surface area contributed by atoms with Crippen molar-refractivity contribution in [2.75, 3.05) is 0 Å². The van der Waals surface area contributed by atoms with Crippen molar-refractivity contribution in [2.24, 2.45) is 0 Å². The molecule has 2 saturated carbocycles. The number of amides is 1. The van der Waals surface area contributed by atoms with E-state index in [9.17, 15) is 4.79 Å². The van der Waals surface area contributed by atoms with Gasteiger partial charge in [-0.1, -0.05) is 12.8 Å². The summed E-state index contributed by atoms with van der Waals surface area (Å²) >= 11 is 0. The third-order valence-electron chi connectivity index (χ3n) is 3.88. The minimum Gasteiger partial charge on any atom is -0.349 e. The fraction of sp³-hybridized carbons (Fsp3) is 0.643. The minimum atomic E-state index is -0.0123. The molecule has 4 heteroatoms. The van der Waals surface area contributed by atoms with Gasteiger partial charge in [-0.3, -0.25) is 4.79 Å². The Labute approximate surface area is 107 Å². The minimum absolute atomic E-state index is 0.0123. The zero-order valence-corrected chi connectivity index (χ0v) is 10.8. The molecule has 4 nitrogen and oxygen atoms in total. The zero-order chi connectivity index (χ0) is 12.5. The summed E-state index contributed by atoms with van der Waals surface area (Å²) in [7, 11) is 0. The smallest absolute Gasteiger partial charge is 0.254 e. The Kier molecular flexibility index (Phi) is 3.02. The molecule has 0 radical (unpaired) electrons. The lowest BCUT2D eigenvalue weighted by atomic mass is 10.2. The van der Waals surface area contributed by atoms with Crippen LogP contribution in [0.25, 0.3) is 0 Å². The summed E-state index contributed by atoms with van der Waals surface area (Å²) < 4.78 is 0. The van der Waals surface area contributed by atoms with Crippen LogP contribution in [0.15, 0.2) is 6.20 Å². The van der Waals surface area contributed by atoms with Crippen LogP contribution in [0.2, 0.25) is 0 Å². The van der Waals surface area contributed by atoms with Crippen LogP contribution in [-0.2, 0) is 0 Å². The number of carbonyl (C=O) groups excluding carboxylic acids is 1. The van der Waals surface area contributed by atoms with Gasteiger partial charge in [-0.2, -0.15) is 0 Å². The fourth-order valence-electron chi connectivity index (χ4n) is 2.58. The van der Waals surface area contributed by atoms with E-state index >= 15 is 0 Å². The fourth-order valence-corrected chi connectivity index (χ4v) is 2.58. The van der Waals surface area contributed by atoms with Gasteiger partial charge in [-0.15, -0.1) is 0 Å². The van der Waals surface area contributed by atoms with Gasteiger partial charge in [0.1, 0.15) is 5.82 Å². The predicted molar refractivity (Wildman–Crippen MR) is 68.5 cm³/mol. The van der Waals surface area contributed by atoms with E-state index in [0.29, 0.717) is 17.5 Å². The van der Waals surface area contributed by atoms with E-state index in [4.69, 9.17) is 0 Å². The first-order chi connectivity index (χ1) is 8.74. The molecule has 1 aromatic rings. The lowest BCUT2D eigenvalue weighted by Crippen LogP contribution is -2.33. The van der Waals surface area contributed by atoms with Crippen LogP contribution in [0, 0.1) is 6.92 Å². The highest BCUT2D eigenvalue weighted by molar-refractivity contribution is 5.95. The maximum atomic E-state index is 12.1. The lowest BCUT2D eigenvalue weighted by Gasteiger charge is -2.13. The molecule has 0 spiro atoms. The van der Waals surface area contributed by atoms with Crippen molar-refractivity contribution in [1.29, 1.82) is 0 Å². The quantitative estimate of drug-likeness (QED) is 0.889. The standard InChI is InChI=1S/C14H19N3O/c1-9-12(8-15-13(16-9)10-6-7-10)14(18)17-11-4-2-3-5-11/h8,10-11H,2-7H2,1H3,(H,17,18). The molecule has 0 aromatic carbocycles. The molecule has 0 aliphatic heterocycles. The van der Waals surface area contributed by atoms with E-state index in [-0.39, 0.29) is 5.91 Å². The molecule has 1 heterocycles.